The molecule has 0 N–H and O–H groups in total. The van der Waals surface area contributed by atoms with Gasteiger partial charge in [0.05, 0.1) is 20.2 Å². The number of carbonyl (C=O) groups is 4. The second-order valence-electron chi connectivity index (χ2n) is 21.6. The molecule has 0 unspecified atom stereocenters. The van der Waals surface area contributed by atoms with E-state index in [1.165, 1.54) is 17.4 Å². The Labute approximate surface area is 514 Å². The van der Waals surface area contributed by atoms with Crippen molar-refractivity contribution >= 4 is 121 Å². The van der Waals surface area contributed by atoms with E-state index in [0.29, 0.717) is 47.3 Å². The molecule has 0 amide bonds. The van der Waals surface area contributed by atoms with E-state index >= 15 is 19.2 Å². The van der Waals surface area contributed by atoms with Crippen LogP contribution >= 0.6 is 34.0 Å². The number of carbonyl (C=O) groups excluding carboxylic acids is 4. The van der Waals surface area contributed by atoms with Crippen molar-refractivity contribution in [2.45, 2.75) is 37.3 Å². The number of fused-ring (bicyclic) bond motifs is 11. The topological polar surface area (TPSA) is 198 Å². The van der Waals surface area contributed by atoms with Gasteiger partial charge in [-0.05, 0) is 80.2 Å². The Hall–Kier alpha value is -10.7. The maximum atomic E-state index is 16.4. The van der Waals surface area contributed by atoms with Gasteiger partial charge in [0.25, 0.3) is 0 Å². The smallest absolute Gasteiger partial charge is 0.334 e. The van der Waals surface area contributed by atoms with Crippen molar-refractivity contribution in [2.75, 3.05) is 0 Å². The summed E-state index contributed by atoms with van der Waals surface area (Å²) in [5.41, 5.74) is -7.00. The highest BCUT2D eigenvalue weighted by Crippen LogP contribution is 2.66. The zero-order valence-electron chi connectivity index (χ0n) is 46.5. The van der Waals surface area contributed by atoms with E-state index in [1.54, 1.807) is 176 Å². The normalized spacial score (nSPS) is 13.5. The van der Waals surface area contributed by atoms with E-state index < -0.39 is 80.7 Å². The van der Waals surface area contributed by atoms with Crippen molar-refractivity contribution < 1.29 is 38.1 Å². The Kier molecular flexibility index (Phi) is 13.3. The number of ether oxygens (including phenoxy) is 4. The van der Waals surface area contributed by atoms with E-state index in [4.69, 9.17) is 28.9 Å². The molecule has 2 aliphatic rings. The third kappa shape index (κ3) is 8.78. The second kappa shape index (κ2) is 21.6. The minimum absolute atomic E-state index is 0.0561. The summed E-state index contributed by atoms with van der Waals surface area (Å²) >= 11 is 3.21. The Bertz CT molecular complexity index is 5270. The van der Waals surface area contributed by atoms with Gasteiger partial charge in [0, 0.05) is 47.8 Å². The first-order chi connectivity index (χ1) is 43.4. The molecule has 17 heteroatoms. The van der Waals surface area contributed by atoms with Crippen LogP contribution in [0.4, 0.5) is 5.00 Å². The minimum atomic E-state index is -2.91. The van der Waals surface area contributed by atoms with Gasteiger partial charge in [0.1, 0.15) is 31.4 Å². The quantitative estimate of drug-likeness (QED) is 0.0568. The molecule has 3 heterocycles. The molecule has 0 spiro atoms. The van der Waals surface area contributed by atoms with Crippen LogP contribution in [-0.2, 0) is 75.4 Å². The highest BCUT2D eigenvalue weighted by Gasteiger charge is 2.69. The van der Waals surface area contributed by atoms with Crippen LogP contribution in [0.15, 0.2) is 235 Å². The number of esters is 4. The third-order valence-electron chi connectivity index (χ3n) is 16.4. The summed E-state index contributed by atoms with van der Waals surface area (Å²) in [6.45, 7) is -1.53. The van der Waals surface area contributed by atoms with Gasteiger partial charge >= 0.3 is 23.9 Å². The van der Waals surface area contributed by atoms with Crippen LogP contribution in [0.5, 0.6) is 0 Å². The lowest BCUT2D eigenvalue weighted by Gasteiger charge is -2.32. The van der Waals surface area contributed by atoms with Gasteiger partial charge < -0.3 is 18.9 Å². The molecular weight excluding hydrogens is 1180 g/mol. The Morgan fingerprint density at radius 3 is 1.11 bits per heavy atom. The van der Waals surface area contributed by atoms with Gasteiger partial charge in [0.2, 0.25) is 32.5 Å². The fraction of sp³-hybridized carbons (Fsp3) is 0.0833. The van der Waals surface area contributed by atoms with Crippen molar-refractivity contribution in [3.8, 4) is 9.75 Å². The first-order valence-electron chi connectivity index (χ1n) is 28.1. The zero-order chi connectivity index (χ0) is 60.7. The lowest BCUT2D eigenvalue weighted by molar-refractivity contribution is -0.167. The zero-order valence-corrected chi connectivity index (χ0v) is 48.9. The van der Waals surface area contributed by atoms with Gasteiger partial charge in [-0.15, -0.1) is 34.0 Å². The molecule has 0 bridgehead atoms. The van der Waals surface area contributed by atoms with Gasteiger partial charge in [-0.3, -0.25) is 38.4 Å². The minimum Gasteiger partial charge on any atom is -0.459 e. The van der Waals surface area contributed by atoms with Gasteiger partial charge in [-0.1, -0.05) is 170 Å². The van der Waals surface area contributed by atoms with Crippen LogP contribution in [0.2, 0.25) is 0 Å². The van der Waals surface area contributed by atoms with Crippen LogP contribution in [0.1, 0.15) is 43.8 Å². The molecule has 13 aromatic rings. The number of benzene rings is 8. The average molecular weight is 1220 g/mol. The monoisotopic (exact) mass is 1220 g/mol. The number of hydrogen-bond donors (Lipinski definition) is 0. The number of nitrogens with zero attached hydrogens (tertiary/aromatic N) is 2. The molecule has 89 heavy (non-hydrogen) atoms. The first-order valence-corrected chi connectivity index (χ1v) is 30.6. The highest BCUT2D eigenvalue weighted by molar-refractivity contribution is 7.33. The first kappa shape index (κ1) is 54.9. The molecule has 0 radical (unpaired) electrons. The molecular formula is C72H42N2O12S3. The molecule has 0 saturated carbocycles. The number of rotatable bonds is 14. The van der Waals surface area contributed by atoms with Crippen LogP contribution in [0.3, 0.4) is 0 Å². The third-order valence-corrected chi connectivity index (χ3v) is 20.0. The lowest BCUT2D eigenvalue weighted by Crippen LogP contribution is -2.51. The summed E-state index contributed by atoms with van der Waals surface area (Å²) in [4.78, 5) is 134. The van der Waals surface area contributed by atoms with Crippen LogP contribution in [0.25, 0.3) is 68.3 Å². The molecule has 2 aliphatic carbocycles. The predicted octanol–water partition coefficient (Wildman–Crippen LogP) is 11.5. The van der Waals surface area contributed by atoms with Gasteiger partial charge in [0.15, 0.2) is 10.7 Å². The summed E-state index contributed by atoms with van der Waals surface area (Å²) in [5.74, 6) is -4.85. The summed E-state index contributed by atoms with van der Waals surface area (Å²) in [6, 6.07) is 57.7. The summed E-state index contributed by atoms with van der Waals surface area (Å²) in [5, 5.41) is 2.67. The van der Waals surface area contributed by atoms with Crippen molar-refractivity contribution in [1.82, 2.24) is 0 Å². The molecule has 0 fully saturated rings. The van der Waals surface area contributed by atoms with Crippen LogP contribution in [0, 0.1) is 0 Å². The second-order valence-corrected chi connectivity index (χ2v) is 24.8. The molecule has 14 nitrogen and oxygen atoms in total. The Morgan fingerprint density at radius 1 is 0.371 bits per heavy atom. The number of thiophene rings is 3. The van der Waals surface area contributed by atoms with Crippen LogP contribution < -0.4 is 32.4 Å². The van der Waals surface area contributed by atoms with Crippen molar-refractivity contribution in [2.24, 2.45) is 9.98 Å². The molecule has 430 valence electrons. The lowest BCUT2D eigenvalue weighted by atomic mass is 9.70. The molecule has 15 rings (SSSR count). The maximum absolute atomic E-state index is 16.4. The Morgan fingerprint density at radius 2 is 0.719 bits per heavy atom. The predicted molar refractivity (Wildman–Crippen MR) is 342 cm³/mol. The Balaban J connectivity index is 1.00. The van der Waals surface area contributed by atoms with Gasteiger partial charge in [-0.25, -0.2) is 9.98 Å². The maximum Gasteiger partial charge on any atom is 0.334 e. The van der Waals surface area contributed by atoms with Gasteiger partial charge in [-0.2, -0.15) is 0 Å². The van der Waals surface area contributed by atoms with E-state index in [0.717, 1.165) is 33.4 Å². The van der Waals surface area contributed by atoms with Crippen molar-refractivity contribution in [3.05, 3.63) is 301 Å². The van der Waals surface area contributed by atoms with E-state index in [1.807, 2.05) is 24.3 Å². The van der Waals surface area contributed by atoms with Crippen molar-refractivity contribution in [3.63, 3.8) is 0 Å². The van der Waals surface area contributed by atoms with Crippen LogP contribution in [-0.4, -0.2) is 23.9 Å². The SMILES string of the molecule is O=C(OCc1ccccc1)C1(C(=O)OCc2ccccc2)C(N=c2c(=O)c3cc4ccccc4cc3c2=O)=Cc2sc3c(c21)C(C(=O)OCc1ccccc1)(C(=O)OCc1ccccc1)c1c-3sc2cc(N=c3c(=O)c4cc5ccccc5cc4c3=O)sc12. The molecule has 0 saturated heterocycles. The van der Waals surface area contributed by atoms with E-state index in [2.05, 4.69) is 0 Å². The molecule has 3 aromatic heterocycles. The highest BCUT2D eigenvalue weighted by atomic mass is 32.1. The summed E-state index contributed by atoms with van der Waals surface area (Å²) < 4.78 is 26.1. The summed E-state index contributed by atoms with van der Waals surface area (Å²) in [6.07, 6.45) is 1.40. The molecule has 10 aromatic carbocycles. The average Bonchev–Trinajstić information content (AvgIpc) is 1.49. The molecule has 0 aliphatic heterocycles. The van der Waals surface area contributed by atoms with E-state index in [-0.39, 0.29) is 71.6 Å². The standard InChI is InChI=1S/C72H42N2O12S3/c75-60-47-29-43-25-13-14-26-44(43)30-48(47)61(76)58(60)73-53-33-51-55(71(53,67(79)83-35-39-17-5-1-6-18-39)68(80)84-36-40-19-7-2-8-20-40)56-65(87-51)66-57(72(56,69(81)85-37-41-21-9-3-10-22-41)70(82)86-38-42-23-11-4-12-24-42)64-52(88-66)34-54(89-64)74-59-62(77)49-31-45-27-15-16-28-46(45)32-50(49)63(59)78/h1-34H,35-38H2. The molecule has 0 atom stereocenters. The largest absolute Gasteiger partial charge is 0.459 e. The van der Waals surface area contributed by atoms with Crippen molar-refractivity contribution in [1.29, 1.82) is 0 Å². The fourth-order valence-corrected chi connectivity index (χ4v) is 16.3. The van der Waals surface area contributed by atoms with E-state index in [9.17, 15) is 19.2 Å². The fourth-order valence-electron chi connectivity index (χ4n) is 12.2. The number of hydrogen-bond acceptors (Lipinski definition) is 17. The summed E-state index contributed by atoms with van der Waals surface area (Å²) in [7, 11) is 0.